The third-order valence-electron chi connectivity index (χ3n) is 21.4. The third kappa shape index (κ3) is 12.6. The van der Waals surface area contributed by atoms with Crippen molar-refractivity contribution in [3.05, 3.63) is 180 Å². The second-order valence-corrected chi connectivity index (χ2v) is 32.1. The fraction of sp³-hybridized carbons (Fsp3) is 0.300. The standard InChI is InChI=1S/C80H62Cl12N8O4/c81-57-49-53(61(85)69(65(57)89)101-45-33-17-13-29-41(45)37-21-5-1-6-22-37)77-94-73(49)93-74-50-55(63(87)71(66(90)58(50)82)103-47-35-19-15-31-43(47)39-25-9-3-10-26-39)79(95-74)100-80-56-52(60(84)68(92)72(64(56)88)104-48-36-20-16-32-44(48)40-27-11-4-12-28-40)76(99-80)98-78-54-51(75(96-77)97-78)59(83)67(91)70(62(54)86)102-46-34-18-14-30-42(46)38-23-7-2-8-24-38/h13-20,29-40H,1-12,21-28H2,(H2,93,94,95,96,97,98,99,100). The zero-order valence-electron chi connectivity index (χ0n) is 55.5. The molecule has 0 atom stereocenters. The van der Waals surface area contributed by atoms with E-state index in [4.69, 9.17) is 188 Å². The van der Waals surface area contributed by atoms with Gasteiger partial charge < -0.3 is 28.9 Å². The summed E-state index contributed by atoms with van der Waals surface area (Å²) in [7, 11) is 0. The fourth-order valence-corrected chi connectivity index (χ4v) is 19.8. The lowest BCUT2D eigenvalue weighted by Crippen LogP contribution is -2.06. The number of fused-ring (bicyclic) bond motifs is 20. The average molecular weight is 1620 g/mol. The molecule has 12 nitrogen and oxygen atoms in total. The number of H-pyrrole nitrogens is 2. The van der Waals surface area contributed by atoms with E-state index in [1.807, 2.05) is 72.8 Å². The first-order valence-corrected chi connectivity index (χ1v) is 39.8. The summed E-state index contributed by atoms with van der Waals surface area (Å²) in [4.78, 5) is 38.8. The van der Waals surface area contributed by atoms with E-state index in [2.05, 4.69) is 34.2 Å². The summed E-state index contributed by atoms with van der Waals surface area (Å²) in [6.07, 6.45) is 21.2. The van der Waals surface area contributed by atoms with Crippen molar-refractivity contribution in [2.24, 2.45) is 0 Å². The van der Waals surface area contributed by atoms with Crippen LogP contribution in [-0.2, 0) is 0 Å². The Morgan fingerprint density at radius 1 is 0.240 bits per heavy atom. The van der Waals surface area contributed by atoms with Crippen molar-refractivity contribution in [1.29, 1.82) is 0 Å². The maximum absolute atomic E-state index is 7.85. The van der Waals surface area contributed by atoms with Crippen LogP contribution in [0, 0.1) is 0 Å². The highest BCUT2D eigenvalue weighted by molar-refractivity contribution is 6.53. The van der Waals surface area contributed by atoms with Crippen molar-refractivity contribution in [3.8, 4) is 91.5 Å². The number of hydrogen-bond donors (Lipinski definition) is 2. The topological polar surface area (TPSA) is 146 Å². The molecule has 4 saturated carbocycles. The molecule has 8 aromatic carbocycles. The maximum Gasteiger partial charge on any atom is 0.166 e. The van der Waals surface area contributed by atoms with E-state index in [1.54, 1.807) is 0 Å². The van der Waals surface area contributed by atoms with E-state index in [1.165, 1.54) is 0 Å². The zero-order valence-corrected chi connectivity index (χ0v) is 64.6. The molecular formula is C80H62Cl12N8O4. The molecule has 2 aliphatic heterocycles. The number of para-hydroxylation sites is 4. The maximum atomic E-state index is 7.85. The van der Waals surface area contributed by atoms with E-state index in [0.717, 1.165) is 151 Å². The predicted molar refractivity (Wildman–Crippen MR) is 426 cm³/mol. The van der Waals surface area contributed by atoms with Crippen LogP contribution in [0.1, 0.15) is 174 Å². The average Bonchev–Trinajstić information content (AvgIpc) is 1.55. The molecule has 4 fully saturated rings. The molecule has 0 unspecified atom stereocenters. The highest BCUT2D eigenvalue weighted by atomic mass is 35.5. The van der Waals surface area contributed by atoms with Gasteiger partial charge in [0.25, 0.3) is 0 Å². The van der Waals surface area contributed by atoms with Crippen LogP contribution in [0.5, 0.6) is 46.0 Å². The first kappa shape index (κ1) is 70.8. The minimum Gasteiger partial charge on any atom is -0.454 e. The summed E-state index contributed by atoms with van der Waals surface area (Å²) in [5, 5.41) is 0.723. The Bertz CT molecular complexity index is 5530. The van der Waals surface area contributed by atoms with Crippen LogP contribution < -0.4 is 18.9 Å². The lowest BCUT2D eigenvalue weighted by atomic mass is 9.84. The Hall–Kier alpha value is -6.20. The van der Waals surface area contributed by atoms with Gasteiger partial charge in [0.05, 0.1) is 84.0 Å². The zero-order chi connectivity index (χ0) is 71.3. The second-order valence-electron chi connectivity index (χ2n) is 27.6. The molecule has 24 heteroatoms. The Balaban J connectivity index is 0.969. The van der Waals surface area contributed by atoms with E-state index < -0.39 is 0 Å². The minimum atomic E-state index is -0.0391. The molecular weight excluding hydrogens is 1560 g/mol. The molecule has 6 aliphatic rings. The van der Waals surface area contributed by atoms with Gasteiger partial charge in [0, 0.05) is 0 Å². The molecule has 17 rings (SSSR count). The van der Waals surface area contributed by atoms with Gasteiger partial charge in [0.2, 0.25) is 0 Å². The Morgan fingerprint density at radius 3 is 0.731 bits per heavy atom. The van der Waals surface area contributed by atoms with Gasteiger partial charge in [0.15, 0.2) is 46.3 Å². The molecule has 530 valence electrons. The van der Waals surface area contributed by atoms with E-state index in [9.17, 15) is 0 Å². The molecule has 4 aliphatic carbocycles. The number of benzene rings is 8. The van der Waals surface area contributed by atoms with Crippen LogP contribution in [0.25, 0.3) is 89.7 Å². The number of aromatic amines is 2. The van der Waals surface area contributed by atoms with Crippen molar-refractivity contribution in [2.45, 2.75) is 152 Å². The molecule has 8 bridgehead atoms. The van der Waals surface area contributed by atoms with Crippen molar-refractivity contribution in [3.63, 3.8) is 0 Å². The van der Waals surface area contributed by atoms with Crippen LogP contribution in [0.15, 0.2) is 97.1 Å². The number of rotatable bonds is 12. The molecule has 0 radical (unpaired) electrons. The quantitative estimate of drug-likeness (QED) is 0.113. The van der Waals surface area contributed by atoms with Crippen molar-refractivity contribution < 1.29 is 18.9 Å². The van der Waals surface area contributed by atoms with Gasteiger partial charge in [-0.15, -0.1) is 0 Å². The third-order valence-corrected chi connectivity index (χ3v) is 26.2. The van der Waals surface area contributed by atoms with Crippen molar-refractivity contribution in [1.82, 2.24) is 39.9 Å². The number of nitrogens with one attached hydrogen (secondary N) is 2. The number of nitrogens with zero attached hydrogens (tertiary/aromatic N) is 6. The van der Waals surface area contributed by atoms with E-state index >= 15 is 0 Å². The summed E-state index contributed by atoms with van der Waals surface area (Å²) in [5.74, 6) is 3.24. The summed E-state index contributed by atoms with van der Waals surface area (Å²) >= 11 is 92.2. The Kier molecular flexibility index (Phi) is 20.0. The predicted octanol–water partition coefficient (Wildman–Crippen LogP) is 30.1. The number of ether oxygens (including phenoxy) is 4. The van der Waals surface area contributed by atoms with Gasteiger partial charge in [-0.05, 0) is 122 Å². The molecule has 5 heterocycles. The molecule has 0 amide bonds. The highest BCUT2D eigenvalue weighted by Gasteiger charge is 2.38. The van der Waals surface area contributed by atoms with Crippen molar-refractivity contribution >= 4 is 183 Å². The molecule has 11 aromatic rings. The number of halogens is 12. The first-order valence-electron chi connectivity index (χ1n) is 35.3. The first-order chi connectivity index (χ1) is 50.6. The summed E-state index contributed by atoms with van der Waals surface area (Å²) in [5.41, 5.74) is 4.97. The molecule has 0 spiro atoms. The molecule has 2 N–H and O–H groups in total. The van der Waals surface area contributed by atoms with Crippen LogP contribution >= 0.6 is 139 Å². The van der Waals surface area contributed by atoms with Gasteiger partial charge in [-0.1, -0.05) is 289 Å². The van der Waals surface area contributed by atoms with Gasteiger partial charge in [-0.2, -0.15) is 0 Å². The summed E-state index contributed by atoms with van der Waals surface area (Å²) < 4.78 is 27.7. The summed E-state index contributed by atoms with van der Waals surface area (Å²) in [6, 6.07) is 31.5. The summed E-state index contributed by atoms with van der Waals surface area (Å²) in [6.45, 7) is 0. The fourth-order valence-electron chi connectivity index (χ4n) is 16.4. The molecule has 0 saturated heterocycles. The highest BCUT2D eigenvalue weighted by Crippen LogP contribution is 2.59. The van der Waals surface area contributed by atoms with Gasteiger partial charge in [-0.3, -0.25) is 0 Å². The molecule has 3 aromatic heterocycles. The second kappa shape index (κ2) is 29.4. The van der Waals surface area contributed by atoms with Gasteiger partial charge in [0.1, 0.15) is 65.7 Å². The number of aromatic nitrogens is 8. The van der Waals surface area contributed by atoms with Crippen molar-refractivity contribution in [2.75, 3.05) is 0 Å². The Morgan fingerprint density at radius 2 is 0.462 bits per heavy atom. The SMILES string of the molecule is Clc1c(Cl)c2c(c(Cl)c1Oc1ccccc1C1CCCCC1)-c1nc-2nc2[nH]c(nc3nc(nc4[nH]c(n1)c1c(Cl)c(Cl)c(Oc5ccccc5C5CCCCC5)c(Cl)c41)-c1c(Cl)c(Cl)c(Oc4ccccc4C4CCCCC4)c(Cl)c1-3)c1c(Cl)c(Oc3ccccc3C3CCCCC3)c(Cl)c(Cl)c21. The van der Waals surface area contributed by atoms with Gasteiger partial charge in [-0.25, -0.2) is 29.9 Å². The van der Waals surface area contributed by atoms with Crippen LogP contribution in [0.4, 0.5) is 0 Å². The van der Waals surface area contributed by atoms with Gasteiger partial charge >= 0.3 is 0 Å². The van der Waals surface area contributed by atoms with Crippen LogP contribution in [0.2, 0.25) is 60.3 Å². The normalized spacial score (nSPS) is 16.1. The lowest BCUT2D eigenvalue weighted by Gasteiger charge is -2.24. The Labute approximate surface area is 659 Å². The number of hydrogen-bond acceptors (Lipinski definition) is 10. The largest absolute Gasteiger partial charge is 0.454 e. The minimum absolute atomic E-state index is 0.00376. The van der Waals surface area contributed by atoms with E-state index in [0.29, 0.717) is 23.0 Å². The monoisotopic (exact) mass is 1620 g/mol. The smallest absolute Gasteiger partial charge is 0.166 e. The van der Waals surface area contributed by atoms with E-state index in [-0.39, 0.29) is 197 Å². The molecule has 104 heavy (non-hydrogen) atoms. The van der Waals surface area contributed by atoms with Crippen LogP contribution in [0.3, 0.4) is 0 Å². The van der Waals surface area contributed by atoms with Crippen LogP contribution in [-0.4, -0.2) is 39.9 Å². The lowest BCUT2D eigenvalue weighted by molar-refractivity contribution is 0.419.